The molecule has 0 saturated heterocycles. The van der Waals surface area contributed by atoms with Crippen LogP contribution in [0.2, 0.25) is 0 Å². The average Bonchev–Trinajstić information content (AvgIpc) is 1.38. The van der Waals surface area contributed by atoms with E-state index in [4.69, 9.17) is 5.26 Å². The topological polar surface area (TPSA) is 27.0 Å². The van der Waals surface area contributed by atoms with E-state index in [1.165, 1.54) is 0 Å². The Morgan fingerprint density at radius 3 is 2.20 bits per heavy atom. The van der Waals surface area contributed by atoms with Crippen molar-refractivity contribution < 1.29 is 4.48 Å². The molecular formula is CClFN2. The normalized spacial score (nSPS) is 5.80. The van der Waals surface area contributed by atoms with Gasteiger partial charge >= 0.3 is 0 Å². The lowest BCUT2D eigenvalue weighted by molar-refractivity contribution is 0.231. The van der Waals surface area contributed by atoms with Crippen LogP contribution in [0, 0.1) is 11.5 Å². The molecule has 0 N–H and O–H groups in total. The summed E-state index contributed by atoms with van der Waals surface area (Å²) < 4.78 is 10.1. The number of nitriles is 1. The summed E-state index contributed by atoms with van der Waals surface area (Å²) in [5.41, 5.74) is 0. The van der Waals surface area contributed by atoms with Gasteiger partial charge in [-0.3, -0.25) is 0 Å². The average molecular weight is 94.5 g/mol. The highest BCUT2D eigenvalue weighted by Crippen LogP contribution is 1.85. The molecule has 28 valence electrons. The van der Waals surface area contributed by atoms with Gasteiger partial charge < -0.3 is 0 Å². The zero-order valence-corrected chi connectivity index (χ0v) is 2.91. The van der Waals surface area contributed by atoms with Crippen molar-refractivity contribution in [3.8, 4) is 6.19 Å². The number of nitrogens with zero attached hydrogens (tertiary/aromatic N) is 2. The van der Waals surface area contributed by atoms with Crippen molar-refractivity contribution in [2.75, 3.05) is 0 Å². The van der Waals surface area contributed by atoms with E-state index >= 15 is 0 Å². The number of halogens is 2. The molecule has 0 heterocycles. The molecule has 0 atom stereocenters. The van der Waals surface area contributed by atoms with E-state index in [2.05, 4.69) is 11.8 Å². The molecule has 0 radical (unpaired) electrons. The molecule has 0 spiro atoms. The van der Waals surface area contributed by atoms with Crippen LogP contribution >= 0.6 is 11.8 Å². The summed E-state index contributed by atoms with van der Waals surface area (Å²) in [6.45, 7) is 0. The zero-order chi connectivity index (χ0) is 4.28. The Balaban J connectivity index is 2.94. The van der Waals surface area contributed by atoms with Crippen LogP contribution in [0.4, 0.5) is 4.48 Å². The van der Waals surface area contributed by atoms with E-state index in [1.54, 1.807) is 0 Å². The smallest absolute Gasteiger partial charge is 0.169 e. The molecule has 4 heteroatoms. The molecule has 0 aromatic rings. The Hall–Kier alpha value is -0.490. The Morgan fingerprint density at radius 2 is 2.20 bits per heavy atom. The maximum Gasteiger partial charge on any atom is 0.227 e. The molecule has 0 saturated carbocycles. The third-order valence-corrected chi connectivity index (χ3v) is 0.151. The third-order valence-electron chi connectivity index (χ3n) is 0.0756. The predicted molar refractivity (Wildman–Crippen MR) is 14.4 cm³/mol. The van der Waals surface area contributed by atoms with Crippen LogP contribution in [0.5, 0.6) is 0 Å². The maximum absolute atomic E-state index is 10.7. The summed E-state index contributed by atoms with van der Waals surface area (Å²) in [5, 5.41) is 7.31. The van der Waals surface area contributed by atoms with Crippen LogP contribution in [0.25, 0.3) is 0 Å². The van der Waals surface area contributed by atoms with Crippen LogP contribution in [-0.4, -0.2) is 4.64 Å². The van der Waals surface area contributed by atoms with Gasteiger partial charge in [-0.15, -0.1) is 0 Å². The summed E-state index contributed by atoms with van der Waals surface area (Å²) in [5.74, 6) is 0. The molecule has 0 aromatic heterocycles. The first-order chi connectivity index (χ1) is 2.27. The summed E-state index contributed by atoms with van der Waals surface area (Å²) in [6.07, 6.45) is 0.960. The monoisotopic (exact) mass is 94.0 g/mol. The van der Waals surface area contributed by atoms with Crippen LogP contribution < -0.4 is 0 Å². The van der Waals surface area contributed by atoms with Gasteiger partial charge in [0.1, 0.15) is 0 Å². The van der Waals surface area contributed by atoms with Gasteiger partial charge in [-0.2, -0.15) is 5.26 Å². The van der Waals surface area contributed by atoms with Crippen molar-refractivity contribution in [1.29, 1.82) is 5.26 Å². The molecule has 0 rings (SSSR count). The number of hydrogen-bond acceptors (Lipinski definition) is 2. The Kier molecular flexibility index (Phi) is 1.62. The first-order valence-electron chi connectivity index (χ1n) is 0.785. The van der Waals surface area contributed by atoms with Crippen molar-refractivity contribution in [3.05, 3.63) is 0 Å². The van der Waals surface area contributed by atoms with Gasteiger partial charge in [-0.25, -0.2) is 0 Å². The minimum absolute atomic E-state index is 0.597. The predicted octanol–water partition coefficient (Wildman–Crippen LogP) is 0.808. The van der Waals surface area contributed by atoms with Crippen molar-refractivity contribution >= 4 is 11.8 Å². The highest BCUT2D eigenvalue weighted by Gasteiger charge is 1.79. The Morgan fingerprint density at radius 1 is 2.00 bits per heavy atom. The summed E-state index contributed by atoms with van der Waals surface area (Å²) in [7, 11) is 0. The van der Waals surface area contributed by atoms with Gasteiger partial charge in [0.15, 0.2) is 0 Å². The molecule has 0 fully saturated rings. The fraction of sp³-hybridized carbons (Fsp3) is 0. The molecule has 5 heavy (non-hydrogen) atoms. The van der Waals surface area contributed by atoms with Crippen LogP contribution in [0.3, 0.4) is 0 Å². The second-order valence-electron chi connectivity index (χ2n) is 0.333. The first kappa shape index (κ1) is 4.51. The first-order valence-corrected chi connectivity index (χ1v) is 1.12. The summed E-state index contributed by atoms with van der Waals surface area (Å²) in [4.78, 5) is 0. The highest BCUT2D eigenvalue weighted by atomic mass is 35.5. The molecule has 0 aliphatic carbocycles. The second-order valence-corrected chi connectivity index (χ2v) is 0.630. The fourth-order valence-corrected chi connectivity index (χ4v) is 0. The molecule has 0 bridgehead atoms. The lowest BCUT2D eigenvalue weighted by Gasteiger charge is -1.75. The second kappa shape index (κ2) is 1.79. The van der Waals surface area contributed by atoms with E-state index < -0.39 is 4.64 Å². The molecule has 0 aliphatic rings. The van der Waals surface area contributed by atoms with Crippen molar-refractivity contribution in [2.45, 2.75) is 0 Å². The van der Waals surface area contributed by atoms with E-state index in [-0.39, 0.29) is 0 Å². The minimum Gasteiger partial charge on any atom is -0.169 e. The van der Waals surface area contributed by atoms with E-state index in [0.717, 1.165) is 6.19 Å². The molecular weight excluding hydrogens is 94.5 g/mol. The van der Waals surface area contributed by atoms with Crippen LogP contribution in [0.15, 0.2) is 0 Å². The lowest BCUT2D eigenvalue weighted by Crippen LogP contribution is -1.79. The zero-order valence-electron chi connectivity index (χ0n) is 2.15. The molecule has 0 amide bonds. The Bertz CT molecular complexity index is 55.2. The summed E-state index contributed by atoms with van der Waals surface area (Å²) in [6, 6.07) is 0. The van der Waals surface area contributed by atoms with E-state index in [9.17, 15) is 4.48 Å². The lowest BCUT2D eigenvalue weighted by atomic mass is 11.5. The summed E-state index contributed by atoms with van der Waals surface area (Å²) >= 11 is 4.27. The fourth-order valence-electron chi connectivity index (χ4n) is 0. The minimum atomic E-state index is -0.597. The van der Waals surface area contributed by atoms with Crippen molar-refractivity contribution in [2.24, 2.45) is 0 Å². The molecule has 0 aliphatic heterocycles. The van der Waals surface area contributed by atoms with Crippen molar-refractivity contribution in [3.63, 3.8) is 0 Å². The molecule has 0 aromatic carbocycles. The largest absolute Gasteiger partial charge is 0.227 e. The SMILES string of the molecule is N#CN(F)Cl. The van der Waals surface area contributed by atoms with Crippen LogP contribution in [0.1, 0.15) is 0 Å². The van der Waals surface area contributed by atoms with Gasteiger partial charge in [0.25, 0.3) is 0 Å². The van der Waals surface area contributed by atoms with E-state index in [0.29, 0.717) is 0 Å². The Labute approximate surface area is 33.4 Å². The number of rotatable bonds is 0. The maximum atomic E-state index is 10.7. The highest BCUT2D eigenvalue weighted by molar-refractivity contribution is 6.13. The van der Waals surface area contributed by atoms with Gasteiger partial charge in [-0.1, -0.05) is 4.48 Å². The molecule has 2 nitrogen and oxygen atoms in total. The standard InChI is InChI=1S/CClFN2/c2-5(3)1-4. The van der Waals surface area contributed by atoms with Gasteiger partial charge in [-0.05, 0) is 4.64 Å². The number of hydrogen-bond donors (Lipinski definition) is 0. The van der Waals surface area contributed by atoms with Gasteiger partial charge in [0.05, 0.1) is 11.8 Å². The quantitative estimate of drug-likeness (QED) is 0.252. The van der Waals surface area contributed by atoms with Gasteiger partial charge in [0, 0.05) is 0 Å². The van der Waals surface area contributed by atoms with Gasteiger partial charge in [0.2, 0.25) is 6.19 Å². The van der Waals surface area contributed by atoms with Crippen LogP contribution in [-0.2, 0) is 0 Å². The van der Waals surface area contributed by atoms with E-state index in [1.807, 2.05) is 0 Å². The van der Waals surface area contributed by atoms with Crippen molar-refractivity contribution in [1.82, 2.24) is 4.64 Å². The molecule has 0 unspecified atom stereocenters. The third kappa shape index (κ3) is 3.51.